The monoisotopic (exact) mass is 518 g/mol. The molecule has 6 nitrogen and oxygen atoms in total. The Morgan fingerprint density at radius 2 is 1.72 bits per heavy atom. The van der Waals surface area contributed by atoms with Crippen LogP contribution in [0.4, 0.5) is 14.5 Å². The van der Waals surface area contributed by atoms with E-state index in [4.69, 9.17) is 9.47 Å². The molecule has 1 saturated heterocycles. The number of methoxy groups -OCH3 is 1. The summed E-state index contributed by atoms with van der Waals surface area (Å²) >= 11 is 0. The predicted molar refractivity (Wildman–Crippen MR) is 139 cm³/mol. The van der Waals surface area contributed by atoms with Gasteiger partial charge in [-0.05, 0) is 51.0 Å². The molecule has 0 saturated carbocycles. The number of hydrogen-bond donors (Lipinski definition) is 2. The van der Waals surface area contributed by atoms with Crippen LogP contribution in [0, 0.1) is 11.6 Å². The fourth-order valence-corrected chi connectivity index (χ4v) is 5.24. The number of nitrogens with one attached hydrogen (secondary N) is 2. The summed E-state index contributed by atoms with van der Waals surface area (Å²) < 4.78 is 40.1. The Kier molecular flexibility index (Phi) is 8.25. The molecule has 2 amide bonds. The van der Waals surface area contributed by atoms with E-state index in [0.29, 0.717) is 17.0 Å². The summed E-state index contributed by atoms with van der Waals surface area (Å²) in [5.74, 6) is -2.75. The third kappa shape index (κ3) is 5.32. The molecule has 0 aliphatic carbocycles. The minimum Gasteiger partial charge on any atom is -0.491 e. The molecule has 0 radical (unpaired) electrons. The van der Waals surface area contributed by atoms with E-state index in [1.165, 1.54) is 6.07 Å². The smallest absolute Gasteiger partial charge is 0.237 e. The van der Waals surface area contributed by atoms with Gasteiger partial charge in [-0.3, -0.25) is 9.59 Å². The number of piperidine rings is 1. The lowest BCUT2D eigenvalue weighted by molar-refractivity contribution is -0.130. The summed E-state index contributed by atoms with van der Waals surface area (Å²) in [6.45, 7) is 12.6. The normalized spacial score (nSPS) is 21.9. The van der Waals surface area contributed by atoms with Gasteiger partial charge in [-0.15, -0.1) is 0 Å². The van der Waals surface area contributed by atoms with Gasteiger partial charge in [0, 0.05) is 24.9 Å². The zero-order chi connectivity index (χ0) is 26.8. The number of carbonyl (C=O) groups is 2. The first-order valence-corrected chi connectivity index (χ1v) is 15.8. The molecule has 9 heteroatoms. The van der Waals surface area contributed by atoms with Gasteiger partial charge < -0.3 is 20.1 Å². The lowest BCUT2D eigenvalue weighted by Gasteiger charge is -2.41. The van der Waals surface area contributed by atoms with E-state index < -0.39 is 31.2 Å². The van der Waals surface area contributed by atoms with Gasteiger partial charge in [0.2, 0.25) is 11.8 Å². The number of anilines is 1. The molecule has 0 bridgehead atoms. The summed E-state index contributed by atoms with van der Waals surface area (Å²) in [5.41, 5.74) is 0.367. The van der Waals surface area contributed by atoms with Gasteiger partial charge in [0.05, 0.1) is 25.8 Å². The molecule has 1 spiro atoms. The Morgan fingerprint density at radius 1 is 1.06 bits per heavy atom. The van der Waals surface area contributed by atoms with Crippen LogP contribution in [0.15, 0.2) is 36.4 Å². The van der Waals surface area contributed by atoms with Crippen molar-refractivity contribution in [1.29, 1.82) is 0 Å². The molecule has 2 aromatic carbocycles. The number of halogens is 2. The second kappa shape index (κ2) is 10.7. The van der Waals surface area contributed by atoms with Gasteiger partial charge in [0.15, 0.2) is 11.6 Å². The molecular weight excluding hydrogens is 482 g/mol. The van der Waals surface area contributed by atoms with Crippen LogP contribution in [0.2, 0.25) is 19.6 Å². The van der Waals surface area contributed by atoms with Crippen LogP contribution in [-0.2, 0) is 19.7 Å². The molecule has 3 atom stereocenters. The number of benzene rings is 2. The van der Waals surface area contributed by atoms with Crippen molar-refractivity contribution in [3.05, 3.63) is 59.2 Å². The average molecular weight is 519 g/mol. The third-order valence-electron chi connectivity index (χ3n) is 6.92. The first-order valence-electron chi connectivity index (χ1n) is 12.2. The van der Waals surface area contributed by atoms with Crippen LogP contribution in [0.5, 0.6) is 5.75 Å². The second-order valence-electron chi connectivity index (χ2n) is 10.7. The van der Waals surface area contributed by atoms with Gasteiger partial charge in [0.25, 0.3) is 0 Å². The topological polar surface area (TPSA) is 76.7 Å². The number of para-hydroxylation sites is 1. The predicted octanol–water partition coefficient (Wildman–Crippen LogP) is 5.49. The summed E-state index contributed by atoms with van der Waals surface area (Å²) in [6, 6.07) is 8.31. The largest absolute Gasteiger partial charge is 0.491 e. The van der Waals surface area contributed by atoms with E-state index in [9.17, 15) is 14.0 Å². The first-order chi connectivity index (χ1) is 16.8. The SMILES string of the molecule is CC(C)Oc1ccc(F)c(F)c1C1NC(=O)CCC12C(=O)Nc1ccccc12.COC(C)[Si](C)(C)C. The number of rotatable bonds is 5. The number of carbonyl (C=O) groups excluding carboxylic acids is 2. The van der Waals surface area contributed by atoms with Gasteiger partial charge in [0.1, 0.15) is 11.2 Å². The maximum absolute atomic E-state index is 15.0. The molecule has 3 unspecified atom stereocenters. The van der Waals surface area contributed by atoms with Crippen LogP contribution in [0.1, 0.15) is 50.8 Å². The van der Waals surface area contributed by atoms with Crippen LogP contribution in [-0.4, -0.2) is 38.8 Å². The molecule has 196 valence electrons. The van der Waals surface area contributed by atoms with E-state index >= 15 is 4.39 Å². The van der Waals surface area contributed by atoms with Gasteiger partial charge in [-0.2, -0.15) is 0 Å². The highest BCUT2D eigenvalue weighted by molar-refractivity contribution is 6.77. The molecule has 4 rings (SSSR count). The van der Waals surface area contributed by atoms with Crippen LogP contribution in [0.25, 0.3) is 0 Å². The van der Waals surface area contributed by atoms with E-state index in [2.05, 4.69) is 37.2 Å². The van der Waals surface area contributed by atoms with Crippen molar-refractivity contribution in [3.63, 3.8) is 0 Å². The van der Waals surface area contributed by atoms with Crippen molar-refractivity contribution >= 4 is 25.6 Å². The highest BCUT2D eigenvalue weighted by Crippen LogP contribution is 2.52. The van der Waals surface area contributed by atoms with Crippen molar-refractivity contribution in [1.82, 2.24) is 5.32 Å². The van der Waals surface area contributed by atoms with Crippen molar-refractivity contribution < 1.29 is 27.8 Å². The average Bonchev–Trinajstić information content (AvgIpc) is 3.09. The van der Waals surface area contributed by atoms with Crippen LogP contribution >= 0.6 is 0 Å². The molecule has 2 aromatic rings. The molecule has 36 heavy (non-hydrogen) atoms. The molecule has 2 N–H and O–H groups in total. The van der Waals surface area contributed by atoms with E-state index in [1.807, 2.05) is 0 Å². The van der Waals surface area contributed by atoms with Gasteiger partial charge >= 0.3 is 0 Å². The van der Waals surface area contributed by atoms with Crippen molar-refractivity contribution in [2.45, 2.75) is 76.5 Å². The lowest BCUT2D eigenvalue weighted by atomic mass is 9.67. The first kappa shape index (κ1) is 27.8. The quantitative estimate of drug-likeness (QED) is 0.513. The van der Waals surface area contributed by atoms with Gasteiger partial charge in [-0.25, -0.2) is 8.78 Å². The Balaban J connectivity index is 0.000000392. The van der Waals surface area contributed by atoms with Crippen LogP contribution < -0.4 is 15.4 Å². The summed E-state index contributed by atoms with van der Waals surface area (Å²) in [4.78, 5) is 25.3. The Bertz CT molecular complexity index is 1140. The summed E-state index contributed by atoms with van der Waals surface area (Å²) in [5, 5.41) is 5.55. The van der Waals surface area contributed by atoms with E-state index in [1.54, 1.807) is 45.2 Å². The molecule has 2 aliphatic heterocycles. The Morgan fingerprint density at radius 3 is 2.31 bits per heavy atom. The third-order valence-corrected chi connectivity index (χ3v) is 9.60. The number of hydrogen-bond acceptors (Lipinski definition) is 4. The van der Waals surface area contributed by atoms with Gasteiger partial charge in [-0.1, -0.05) is 37.8 Å². The zero-order valence-electron chi connectivity index (χ0n) is 22.0. The second-order valence-corrected chi connectivity index (χ2v) is 16.2. The van der Waals surface area contributed by atoms with Crippen molar-refractivity contribution in [3.8, 4) is 5.75 Å². The Hall–Kier alpha value is -2.78. The summed E-state index contributed by atoms with van der Waals surface area (Å²) in [6.07, 6.45) is -0.0116. The van der Waals surface area contributed by atoms with E-state index in [0.717, 1.165) is 6.07 Å². The Labute approximate surface area is 212 Å². The number of ether oxygens (including phenoxy) is 2. The number of amides is 2. The molecule has 1 fully saturated rings. The standard InChI is InChI=1S/C21H20F2N2O3.C6H16OSi/c1-11(2)28-15-8-7-13(22)18(23)17(15)19-21(10-9-16(26)25-19)12-5-3-4-6-14(12)24-20(21)27;1-6(7-2)8(3,4)5/h3-8,11,19H,9-10H2,1-2H3,(H,24,27)(H,25,26);6H,1-5H3. The number of fused-ring (bicyclic) bond motifs is 2. The highest BCUT2D eigenvalue weighted by atomic mass is 28.3. The molecule has 0 aromatic heterocycles. The lowest BCUT2D eigenvalue weighted by Crippen LogP contribution is -2.53. The molecule has 2 aliphatic rings. The fraction of sp³-hybridized carbons (Fsp3) is 0.481. The van der Waals surface area contributed by atoms with Crippen molar-refractivity contribution in [2.75, 3.05) is 12.4 Å². The van der Waals surface area contributed by atoms with Crippen LogP contribution in [0.3, 0.4) is 0 Å². The maximum Gasteiger partial charge on any atom is 0.237 e. The molecular formula is C27H36F2N2O4Si. The fourth-order valence-electron chi connectivity index (χ4n) is 4.53. The maximum atomic E-state index is 15.0. The molecule has 2 heterocycles. The van der Waals surface area contributed by atoms with E-state index in [-0.39, 0.29) is 42.1 Å². The minimum atomic E-state index is -1.24. The minimum absolute atomic E-state index is 0.107. The zero-order valence-corrected chi connectivity index (χ0v) is 23.0. The highest BCUT2D eigenvalue weighted by Gasteiger charge is 2.56. The van der Waals surface area contributed by atoms with Crippen molar-refractivity contribution in [2.24, 2.45) is 0 Å². The summed E-state index contributed by atoms with van der Waals surface area (Å²) in [7, 11) is 0.798.